The van der Waals surface area contributed by atoms with Crippen molar-refractivity contribution < 1.29 is 19.1 Å². The monoisotopic (exact) mass is 212 g/mol. The normalized spacial score (nSPS) is 13.1. The van der Waals surface area contributed by atoms with Crippen molar-refractivity contribution in [1.29, 1.82) is 0 Å². The summed E-state index contributed by atoms with van der Waals surface area (Å²) in [5.41, 5.74) is 0.804. The molecule has 1 unspecified atom stereocenters. The number of furan rings is 1. The van der Waals surface area contributed by atoms with Crippen LogP contribution in [0.2, 0.25) is 0 Å². The van der Waals surface area contributed by atoms with Crippen molar-refractivity contribution in [1.82, 2.24) is 0 Å². The Kier molecular flexibility index (Phi) is 3.91. The summed E-state index contributed by atoms with van der Waals surface area (Å²) in [4.78, 5) is 11.1. The second-order valence-electron chi connectivity index (χ2n) is 3.80. The van der Waals surface area contributed by atoms with Gasteiger partial charge in [-0.1, -0.05) is 13.8 Å². The Bertz CT molecular complexity index is 327. The first kappa shape index (κ1) is 11.8. The van der Waals surface area contributed by atoms with Gasteiger partial charge in [-0.3, -0.25) is 4.79 Å². The lowest BCUT2D eigenvalue weighted by atomic mass is 9.91. The van der Waals surface area contributed by atoms with Crippen molar-refractivity contribution in [2.75, 3.05) is 7.11 Å². The third kappa shape index (κ3) is 2.59. The van der Waals surface area contributed by atoms with Crippen LogP contribution in [0.4, 0.5) is 0 Å². The number of aliphatic carboxylic acids is 1. The molecule has 1 N–H and O–H groups in total. The number of hydrogen-bond donors (Lipinski definition) is 1. The highest BCUT2D eigenvalue weighted by Crippen LogP contribution is 2.28. The number of ether oxygens (including phenoxy) is 1. The molecule has 0 aromatic carbocycles. The van der Waals surface area contributed by atoms with Crippen molar-refractivity contribution in [3.8, 4) is 0 Å². The van der Waals surface area contributed by atoms with Crippen LogP contribution in [-0.2, 0) is 16.1 Å². The third-order valence-electron chi connectivity index (χ3n) is 2.30. The Hall–Kier alpha value is -1.29. The van der Waals surface area contributed by atoms with Crippen LogP contribution in [0.5, 0.6) is 0 Å². The second-order valence-corrected chi connectivity index (χ2v) is 3.80. The number of carboxylic acids is 1. The van der Waals surface area contributed by atoms with E-state index in [-0.39, 0.29) is 5.92 Å². The molecule has 0 saturated heterocycles. The molecule has 1 rings (SSSR count). The summed E-state index contributed by atoms with van der Waals surface area (Å²) < 4.78 is 10.2. The zero-order valence-electron chi connectivity index (χ0n) is 9.19. The van der Waals surface area contributed by atoms with Gasteiger partial charge >= 0.3 is 5.97 Å². The van der Waals surface area contributed by atoms with E-state index < -0.39 is 11.9 Å². The summed E-state index contributed by atoms with van der Waals surface area (Å²) in [6, 6.07) is 1.75. The molecule has 1 aromatic rings. The summed E-state index contributed by atoms with van der Waals surface area (Å²) in [7, 11) is 1.57. The standard InChI is InChI=1S/C11H16O4/c1-7(2)9(11(12)13)10-8(6-14-3)4-5-15-10/h4-5,7,9H,6H2,1-3H3,(H,12,13). The predicted molar refractivity (Wildman–Crippen MR) is 54.6 cm³/mol. The van der Waals surface area contributed by atoms with Crippen LogP contribution in [-0.4, -0.2) is 18.2 Å². The summed E-state index contributed by atoms with van der Waals surface area (Å²) in [5.74, 6) is -0.981. The van der Waals surface area contributed by atoms with Crippen LogP contribution in [0.1, 0.15) is 31.1 Å². The number of carbonyl (C=O) groups is 1. The molecule has 0 saturated carbocycles. The van der Waals surface area contributed by atoms with Crippen molar-refractivity contribution in [2.45, 2.75) is 26.4 Å². The van der Waals surface area contributed by atoms with Gasteiger partial charge in [-0.25, -0.2) is 0 Å². The lowest BCUT2D eigenvalue weighted by molar-refractivity contribution is -0.140. The molecule has 0 bridgehead atoms. The lowest BCUT2D eigenvalue weighted by Gasteiger charge is -2.15. The van der Waals surface area contributed by atoms with E-state index in [0.29, 0.717) is 12.4 Å². The Balaban J connectivity index is 3.00. The summed E-state index contributed by atoms with van der Waals surface area (Å²) in [5, 5.41) is 9.11. The topological polar surface area (TPSA) is 59.7 Å². The lowest BCUT2D eigenvalue weighted by Crippen LogP contribution is -2.18. The molecule has 0 aliphatic rings. The van der Waals surface area contributed by atoms with Crippen molar-refractivity contribution in [3.05, 3.63) is 23.7 Å². The minimum absolute atomic E-state index is 0.00995. The van der Waals surface area contributed by atoms with Crippen molar-refractivity contribution in [3.63, 3.8) is 0 Å². The fraction of sp³-hybridized carbons (Fsp3) is 0.545. The number of rotatable bonds is 5. The van der Waals surface area contributed by atoms with Gasteiger partial charge in [0.2, 0.25) is 0 Å². The number of methoxy groups -OCH3 is 1. The minimum Gasteiger partial charge on any atom is -0.481 e. The Morgan fingerprint density at radius 2 is 2.27 bits per heavy atom. The molecule has 0 aliphatic carbocycles. The quantitative estimate of drug-likeness (QED) is 0.813. The molecule has 0 aliphatic heterocycles. The van der Waals surface area contributed by atoms with Crippen molar-refractivity contribution >= 4 is 5.97 Å². The fourth-order valence-corrected chi connectivity index (χ4v) is 1.60. The average Bonchev–Trinajstić information content (AvgIpc) is 2.53. The molecule has 1 aromatic heterocycles. The highest BCUT2D eigenvalue weighted by atomic mass is 16.5. The summed E-state index contributed by atoms with van der Waals surface area (Å²) in [6.45, 7) is 4.10. The maximum atomic E-state index is 11.1. The van der Waals surface area contributed by atoms with Gasteiger partial charge in [0.25, 0.3) is 0 Å². The second kappa shape index (κ2) is 4.98. The van der Waals surface area contributed by atoms with E-state index in [9.17, 15) is 4.79 Å². The summed E-state index contributed by atoms with van der Waals surface area (Å²) >= 11 is 0. The molecule has 1 atom stereocenters. The van der Waals surface area contributed by atoms with Crippen LogP contribution in [0.3, 0.4) is 0 Å². The van der Waals surface area contributed by atoms with Crippen LogP contribution >= 0.6 is 0 Å². The molecule has 4 nitrogen and oxygen atoms in total. The van der Waals surface area contributed by atoms with E-state index in [4.69, 9.17) is 14.3 Å². The molecule has 0 amide bonds. The zero-order chi connectivity index (χ0) is 11.4. The Labute approximate surface area is 88.8 Å². The first-order valence-corrected chi connectivity index (χ1v) is 4.86. The molecule has 0 spiro atoms. The maximum absolute atomic E-state index is 11.1. The average molecular weight is 212 g/mol. The van der Waals surface area contributed by atoms with Gasteiger partial charge in [-0.15, -0.1) is 0 Å². The molecule has 4 heteroatoms. The van der Waals surface area contributed by atoms with Crippen LogP contribution in [0.15, 0.2) is 16.7 Å². The summed E-state index contributed by atoms with van der Waals surface area (Å²) in [6.07, 6.45) is 1.50. The smallest absolute Gasteiger partial charge is 0.314 e. The molecular formula is C11H16O4. The molecule has 0 fully saturated rings. The van der Waals surface area contributed by atoms with Crippen LogP contribution in [0.25, 0.3) is 0 Å². The number of carboxylic acid groups (broad SMARTS) is 1. The maximum Gasteiger partial charge on any atom is 0.314 e. The molecule has 0 radical (unpaired) electrons. The van der Waals surface area contributed by atoms with Gasteiger partial charge in [-0.05, 0) is 12.0 Å². The van der Waals surface area contributed by atoms with E-state index in [2.05, 4.69) is 0 Å². The molecule has 15 heavy (non-hydrogen) atoms. The molecular weight excluding hydrogens is 196 g/mol. The third-order valence-corrected chi connectivity index (χ3v) is 2.30. The van der Waals surface area contributed by atoms with E-state index in [1.807, 2.05) is 13.8 Å². The van der Waals surface area contributed by atoms with Crippen molar-refractivity contribution in [2.24, 2.45) is 5.92 Å². The van der Waals surface area contributed by atoms with E-state index >= 15 is 0 Å². The van der Waals surface area contributed by atoms with Gasteiger partial charge < -0.3 is 14.3 Å². The van der Waals surface area contributed by atoms with Crippen LogP contribution in [0, 0.1) is 5.92 Å². The van der Waals surface area contributed by atoms with E-state index in [1.165, 1.54) is 6.26 Å². The minimum atomic E-state index is -0.864. The Morgan fingerprint density at radius 1 is 1.60 bits per heavy atom. The molecule has 1 heterocycles. The van der Waals surface area contributed by atoms with Crippen LogP contribution < -0.4 is 0 Å². The SMILES string of the molecule is COCc1ccoc1C(C(=O)O)C(C)C. The Morgan fingerprint density at radius 3 is 2.73 bits per heavy atom. The highest BCUT2D eigenvalue weighted by Gasteiger charge is 2.28. The van der Waals surface area contributed by atoms with Gasteiger partial charge in [-0.2, -0.15) is 0 Å². The first-order chi connectivity index (χ1) is 7.07. The number of hydrogen-bond acceptors (Lipinski definition) is 3. The molecule has 84 valence electrons. The fourth-order valence-electron chi connectivity index (χ4n) is 1.60. The van der Waals surface area contributed by atoms with Gasteiger partial charge in [0, 0.05) is 12.7 Å². The van der Waals surface area contributed by atoms with E-state index in [1.54, 1.807) is 13.2 Å². The highest BCUT2D eigenvalue weighted by molar-refractivity contribution is 5.76. The zero-order valence-corrected chi connectivity index (χ0v) is 9.19. The van der Waals surface area contributed by atoms with Gasteiger partial charge in [0.15, 0.2) is 0 Å². The van der Waals surface area contributed by atoms with Gasteiger partial charge in [0.05, 0.1) is 12.9 Å². The predicted octanol–water partition coefficient (Wildman–Crippen LogP) is 2.25. The van der Waals surface area contributed by atoms with E-state index in [0.717, 1.165) is 5.56 Å². The largest absolute Gasteiger partial charge is 0.481 e. The van der Waals surface area contributed by atoms with Gasteiger partial charge in [0.1, 0.15) is 11.7 Å². The first-order valence-electron chi connectivity index (χ1n) is 4.86.